The summed E-state index contributed by atoms with van der Waals surface area (Å²) < 4.78 is 11.7. The first-order chi connectivity index (χ1) is 12.1. The average molecular weight is 355 g/mol. The molecule has 0 unspecified atom stereocenters. The van der Waals surface area contributed by atoms with Crippen LogP contribution in [0.3, 0.4) is 0 Å². The third-order valence-corrected chi connectivity index (χ3v) is 4.63. The molecule has 7 nitrogen and oxygen atoms in total. The van der Waals surface area contributed by atoms with Gasteiger partial charge >= 0.3 is 5.76 Å². The Balaban J connectivity index is 1.53. The molecule has 0 saturated heterocycles. The highest BCUT2D eigenvalue weighted by molar-refractivity contribution is 7.09. The number of fused-ring (bicyclic) bond motifs is 1. The van der Waals surface area contributed by atoms with Gasteiger partial charge in [0.15, 0.2) is 11.3 Å². The fourth-order valence-electron chi connectivity index (χ4n) is 2.47. The lowest BCUT2D eigenvalue weighted by Crippen LogP contribution is -2.22. The van der Waals surface area contributed by atoms with Crippen LogP contribution in [0.5, 0.6) is 0 Å². The number of carbonyl (C=O) groups is 1. The van der Waals surface area contributed by atoms with Gasteiger partial charge in [0.1, 0.15) is 5.01 Å². The molecule has 0 aliphatic heterocycles. The summed E-state index contributed by atoms with van der Waals surface area (Å²) in [5.74, 6) is -0.415. The summed E-state index contributed by atoms with van der Waals surface area (Å²) in [5.41, 5.74) is 2.86. The quantitative estimate of drug-likeness (QED) is 0.608. The van der Waals surface area contributed by atoms with Crippen LogP contribution < -0.4 is 11.1 Å². The van der Waals surface area contributed by atoms with Gasteiger partial charge in [-0.3, -0.25) is 9.36 Å². The van der Waals surface area contributed by atoms with Crippen molar-refractivity contribution in [2.45, 2.75) is 6.54 Å². The summed E-state index contributed by atoms with van der Waals surface area (Å²) in [5, 5.41) is 5.43. The number of oxazole rings is 1. The Morgan fingerprint density at radius 2 is 2.24 bits per heavy atom. The standard InChI is InChI=1S/C17H13N3O4S/c1-20-12-5-4-10(7-14(12)24-17(20)22)11-9-25-15(19-11)8-18-16(21)13-3-2-6-23-13/h2-7,9H,8H2,1H3,(H,18,21). The van der Waals surface area contributed by atoms with Crippen LogP contribution in [0.15, 0.2) is 55.6 Å². The number of aryl methyl sites for hydroxylation is 1. The summed E-state index contributed by atoms with van der Waals surface area (Å²) >= 11 is 1.44. The van der Waals surface area contributed by atoms with Crippen molar-refractivity contribution in [3.8, 4) is 11.3 Å². The van der Waals surface area contributed by atoms with E-state index in [1.54, 1.807) is 25.2 Å². The topological polar surface area (TPSA) is 90.3 Å². The van der Waals surface area contributed by atoms with E-state index in [1.807, 2.05) is 17.5 Å². The number of hydrogen-bond acceptors (Lipinski definition) is 6. The molecule has 126 valence electrons. The molecular formula is C17H13N3O4S. The zero-order valence-electron chi connectivity index (χ0n) is 13.2. The highest BCUT2D eigenvalue weighted by atomic mass is 32.1. The van der Waals surface area contributed by atoms with Crippen LogP contribution in [0.2, 0.25) is 0 Å². The number of furan rings is 1. The molecule has 4 rings (SSSR count). The second-order valence-corrected chi connectivity index (χ2v) is 6.34. The molecule has 1 amide bonds. The van der Waals surface area contributed by atoms with Gasteiger partial charge in [-0.25, -0.2) is 9.78 Å². The van der Waals surface area contributed by atoms with Gasteiger partial charge in [0.2, 0.25) is 0 Å². The summed E-state index contributed by atoms with van der Waals surface area (Å²) in [6, 6.07) is 8.77. The predicted molar refractivity (Wildman–Crippen MR) is 92.4 cm³/mol. The third kappa shape index (κ3) is 2.87. The summed E-state index contributed by atoms with van der Waals surface area (Å²) in [7, 11) is 1.66. The normalized spacial score (nSPS) is 11.1. The molecule has 25 heavy (non-hydrogen) atoms. The molecule has 8 heteroatoms. The number of nitrogens with one attached hydrogen (secondary N) is 1. The van der Waals surface area contributed by atoms with Crippen LogP contribution in [-0.2, 0) is 13.6 Å². The summed E-state index contributed by atoms with van der Waals surface area (Å²) in [4.78, 5) is 28.0. The molecule has 1 N–H and O–H groups in total. The highest BCUT2D eigenvalue weighted by Gasteiger charge is 2.12. The van der Waals surface area contributed by atoms with Crippen molar-refractivity contribution < 1.29 is 13.6 Å². The van der Waals surface area contributed by atoms with Crippen molar-refractivity contribution in [3.63, 3.8) is 0 Å². The third-order valence-electron chi connectivity index (χ3n) is 3.78. The Hall–Kier alpha value is -3.13. The summed E-state index contributed by atoms with van der Waals surface area (Å²) in [6.07, 6.45) is 1.45. The fraction of sp³-hybridized carbons (Fsp3) is 0.118. The van der Waals surface area contributed by atoms with Crippen LogP contribution in [0, 0.1) is 0 Å². The summed E-state index contributed by atoms with van der Waals surface area (Å²) in [6.45, 7) is 0.312. The number of hydrogen-bond donors (Lipinski definition) is 1. The second-order valence-electron chi connectivity index (χ2n) is 5.40. The minimum absolute atomic E-state index is 0.265. The van der Waals surface area contributed by atoms with Gasteiger partial charge in [0, 0.05) is 18.0 Å². The van der Waals surface area contributed by atoms with Crippen molar-refractivity contribution in [2.75, 3.05) is 0 Å². The van der Waals surface area contributed by atoms with Crippen molar-refractivity contribution >= 4 is 28.3 Å². The molecule has 0 bridgehead atoms. The molecule has 0 fully saturated rings. The smallest absolute Gasteiger partial charge is 0.419 e. The monoisotopic (exact) mass is 355 g/mol. The Labute approximate surface area is 145 Å². The van der Waals surface area contributed by atoms with E-state index >= 15 is 0 Å². The molecule has 0 saturated carbocycles. The molecule has 0 radical (unpaired) electrons. The molecular weight excluding hydrogens is 342 g/mol. The molecule has 0 aliphatic carbocycles. The highest BCUT2D eigenvalue weighted by Crippen LogP contribution is 2.25. The van der Waals surface area contributed by atoms with Crippen LogP contribution in [0.4, 0.5) is 0 Å². The number of thiazole rings is 1. The van der Waals surface area contributed by atoms with E-state index in [9.17, 15) is 9.59 Å². The Kier molecular flexibility index (Phi) is 3.73. The van der Waals surface area contributed by atoms with Crippen molar-refractivity contribution in [3.05, 3.63) is 63.3 Å². The molecule has 0 aliphatic rings. The van der Waals surface area contributed by atoms with Gasteiger partial charge < -0.3 is 14.2 Å². The molecule has 4 aromatic rings. The molecule has 0 atom stereocenters. The van der Waals surface area contributed by atoms with E-state index in [1.165, 1.54) is 22.2 Å². The largest absolute Gasteiger partial charge is 0.459 e. The van der Waals surface area contributed by atoms with Gasteiger partial charge in [-0.15, -0.1) is 11.3 Å². The minimum Gasteiger partial charge on any atom is -0.459 e. The molecule has 3 heterocycles. The number of nitrogens with zero attached hydrogens (tertiary/aromatic N) is 2. The van der Waals surface area contributed by atoms with Crippen molar-refractivity contribution in [2.24, 2.45) is 7.05 Å². The lowest BCUT2D eigenvalue weighted by molar-refractivity contribution is 0.0923. The van der Waals surface area contributed by atoms with Crippen molar-refractivity contribution in [1.29, 1.82) is 0 Å². The van der Waals surface area contributed by atoms with Gasteiger partial charge in [0.25, 0.3) is 5.91 Å². The first-order valence-electron chi connectivity index (χ1n) is 7.48. The molecule has 0 spiro atoms. The maximum Gasteiger partial charge on any atom is 0.419 e. The maximum absolute atomic E-state index is 11.9. The van der Waals surface area contributed by atoms with E-state index in [0.29, 0.717) is 12.1 Å². The molecule has 3 aromatic heterocycles. The number of amides is 1. The van der Waals surface area contributed by atoms with Gasteiger partial charge in [-0.1, -0.05) is 6.07 Å². The van der Waals surface area contributed by atoms with Crippen LogP contribution in [0.25, 0.3) is 22.4 Å². The zero-order valence-corrected chi connectivity index (χ0v) is 14.0. The fourth-order valence-corrected chi connectivity index (χ4v) is 3.21. The van der Waals surface area contributed by atoms with Crippen LogP contribution in [0.1, 0.15) is 15.6 Å². The number of aromatic nitrogens is 2. The van der Waals surface area contributed by atoms with Crippen LogP contribution >= 0.6 is 11.3 Å². The lowest BCUT2D eigenvalue weighted by Gasteiger charge is -2.00. The van der Waals surface area contributed by atoms with Crippen molar-refractivity contribution in [1.82, 2.24) is 14.9 Å². The lowest BCUT2D eigenvalue weighted by atomic mass is 10.1. The van der Waals surface area contributed by atoms with Gasteiger partial charge in [-0.05, 0) is 24.3 Å². The Morgan fingerprint density at radius 1 is 1.36 bits per heavy atom. The first kappa shape index (κ1) is 15.4. The maximum atomic E-state index is 11.9. The van der Waals surface area contributed by atoms with E-state index < -0.39 is 5.76 Å². The van der Waals surface area contributed by atoms with E-state index in [4.69, 9.17) is 8.83 Å². The number of rotatable bonds is 4. The SMILES string of the molecule is Cn1c(=O)oc2cc(-c3csc(CNC(=O)c4ccco4)n3)ccc21. The second kappa shape index (κ2) is 6.06. The average Bonchev–Trinajstić information content (AvgIpc) is 3.34. The predicted octanol–water partition coefficient (Wildman–Crippen LogP) is 2.78. The van der Waals surface area contributed by atoms with E-state index in [-0.39, 0.29) is 11.7 Å². The molecule has 1 aromatic carbocycles. The number of carbonyl (C=O) groups excluding carboxylic acids is 1. The minimum atomic E-state index is -0.397. The van der Waals surface area contributed by atoms with Gasteiger partial charge in [0.05, 0.1) is 24.0 Å². The van der Waals surface area contributed by atoms with Gasteiger partial charge in [-0.2, -0.15) is 0 Å². The first-order valence-corrected chi connectivity index (χ1v) is 8.36. The van der Waals surface area contributed by atoms with E-state index in [0.717, 1.165) is 21.8 Å². The Morgan fingerprint density at radius 3 is 3.04 bits per heavy atom. The zero-order chi connectivity index (χ0) is 17.4. The van der Waals surface area contributed by atoms with Crippen LogP contribution in [-0.4, -0.2) is 15.5 Å². The van der Waals surface area contributed by atoms with E-state index in [2.05, 4.69) is 10.3 Å². The number of benzene rings is 1. The Bertz CT molecular complexity index is 1100.